The van der Waals surface area contributed by atoms with E-state index in [1.165, 1.54) is 12.1 Å². The molecule has 0 aromatic heterocycles. The van der Waals surface area contributed by atoms with E-state index in [4.69, 9.17) is 0 Å². The first-order valence-corrected chi connectivity index (χ1v) is 9.80. The predicted molar refractivity (Wildman–Crippen MR) is 103 cm³/mol. The molecule has 2 aromatic carbocycles. The van der Waals surface area contributed by atoms with Crippen LogP contribution in [0, 0.1) is 17.2 Å². The second-order valence-corrected chi connectivity index (χ2v) is 8.11. The van der Waals surface area contributed by atoms with Crippen LogP contribution in [0.3, 0.4) is 0 Å². The Morgan fingerprint density at radius 2 is 1.82 bits per heavy atom. The van der Waals surface area contributed by atoms with Crippen LogP contribution in [0.2, 0.25) is 0 Å². The number of hydrogen-bond acceptors (Lipinski definition) is 2. The first-order chi connectivity index (χ1) is 13.5. The molecule has 1 N–H and O–H groups in total. The Kier molecular flexibility index (Phi) is 4.92. The average Bonchev–Trinajstić information content (AvgIpc) is 3.11. The van der Waals surface area contributed by atoms with Crippen molar-refractivity contribution in [1.82, 2.24) is 4.90 Å². The summed E-state index contributed by atoms with van der Waals surface area (Å²) in [4.78, 5) is 27.0. The van der Waals surface area contributed by atoms with E-state index in [9.17, 15) is 19.1 Å². The first kappa shape index (κ1) is 18.7. The average molecular weight is 381 g/mol. The predicted octanol–water partition coefficient (Wildman–Crippen LogP) is 3.87. The van der Waals surface area contributed by atoms with Crippen molar-refractivity contribution in [3.8, 4) is 0 Å². The number of carboxylic acids is 1. The molecule has 1 amide bonds. The van der Waals surface area contributed by atoms with Crippen LogP contribution in [0.4, 0.5) is 4.39 Å². The number of aliphatic carboxylic acids is 1. The summed E-state index contributed by atoms with van der Waals surface area (Å²) >= 11 is 0. The first-order valence-electron chi connectivity index (χ1n) is 9.80. The van der Waals surface area contributed by atoms with Gasteiger partial charge in [0.25, 0.3) is 0 Å². The summed E-state index contributed by atoms with van der Waals surface area (Å²) in [5, 5.41) is 9.70. The van der Waals surface area contributed by atoms with Crippen LogP contribution in [0.15, 0.2) is 54.6 Å². The van der Waals surface area contributed by atoms with Gasteiger partial charge in [-0.1, -0.05) is 48.9 Å². The molecule has 1 aliphatic carbocycles. The summed E-state index contributed by atoms with van der Waals surface area (Å²) in [6.45, 7) is 0.656. The topological polar surface area (TPSA) is 57.6 Å². The number of likely N-dealkylation sites (tertiary alicyclic amines) is 1. The van der Waals surface area contributed by atoms with Crippen molar-refractivity contribution in [3.05, 3.63) is 71.5 Å². The van der Waals surface area contributed by atoms with Gasteiger partial charge in [0.15, 0.2) is 0 Å². The molecular weight excluding hydrogens is 357 g/mol. The Balaban J connectivity index is 1.56. The van der Waals surface area contributed by atoms with Crippen molar-refractivity contribution >= 4 is 11.9 Å². The summed E-state index contributed by atoms with van der Waals surface area (Å²) < 4.78 is 13.6. The number of carbonyl (C=O) groups excluding carboxylic acids is 1. The Bertz CT molecular complexity index is 878. The van der Waals surface area contributed by atoms with Gasteiger partial charge in [-0.3, -0.25) is 9.59 Å². The third kappa shape index (κ3) is 3.41. The van der Waals surface area contributed by atoms with Gasteiger partial charge in [0.05, 0.1) is 11.3 Å². The maximum Gasteiger partial charge on any atom is 0.308 e. The number of halogens is 1. The molecule has 2 aromatic rings. The maximum absolute atomic E-state index is 13.6. The molecule has 4 rings (SSSR count). The molecule has 2 aliphatic rings. The molecule has 4 nitrogen and oxygen atoms in total. The fraction of sp³-hybridized carbons (Fsp3) is 0.391. The van der Waals surface area contributed by atoms with E-state index < -0.39 is 17.3 Å². The van der Waals surface area contributed by atoms with Gasteiger partial charge in [0.2, 0.25) is 5.91 Å². The molecule has 5 heteroatoms. The molecule has 2 atom stereocenters. The standard InChI is InChI=1S/C23H24FNO3/c24-18-9-4-6-16(12-18)13-23(10-5-11-23)22(28)25-14-19(20(15-25)21(26)27)17-7-2-1-3-8-17/h1-4,6-9,12,19-20H,5,10-11,13-15H2,(H,26,27)/t19-,20-/m1/s1. The van der Waals surface area contributed by atoms with E-state index in [-0.39, 0.29) is 24.2 Å². The Labute approximate surface area is 164 Å². The molecule has 0 spiro atoms. The number of benzene rings is 2. The minimum Gasteiger partial charge on any atom is -0.481 e. The second-order valence-electron chi connectivity index (χ2n) is 8.11. The lowest BCUT2D eigenvalue weighted by Crippen LogP contribution is -2.48. The second kappa shape index (κ2) is 7.38. The summed E-state index contributed by atoms with van der Waals surface area (Å²) in [6, 6.07) is 16.0. The van der Waals surface area contributed by atoms with Gasteiger partial charge in [-0.05, 0) is 42.5 Å². The number of nitrogens with zero attached hydrogens (tertiary/aromatic N) is 1. The summed E-state index contributed by atoms with van der Waals surface area (Å²) in [5.74, 6) is -1.94. The van der Waals surface area contributed by atoms with Crippen LogP contribution in [0.25, 0.3) is 0 Å². The largest absolute Gasteiger partial charge is 0.481 e. The molecule has 1 saturated heterocycles. The number of rotatable bonds is 5. The number of hydrogen-bond donors (Lipinski definition) is 1. The molecule has 1 aliphatic heterocycles. The van der Waals surface area contributed by atoms with Crippen molar-refractivity contribution in [2.45, 2.75) is 31.6 Å². The van der Waals surface area contributed by atoms with Gasteiger partial charge in [0, 0.05) is 19.0 Å². The van der Waals surface area contributed by atoms with Crippen LogP contribution in [0.1, 0.15) is 36.3 Å². The zero-order valence-corrected chi connectivity index (χ0v) is 15.7. The molecule has 0 bridgehead atoms. The molecular formula is C23H24FNO3. The highest BCUT2D eigenvalue weighted by Crippen LogP contribution is 2.47. The van der Waals surface area contributed by atoms with Gasteiger partial charge in [-0.2, -0.15) is 0 Å². The van der Waals surface area contributed by atoms with Crippen molar-refractivity contribution in [3.63, 3.8) is 0 Å². The van der Waals surface area contributed by atoms with Crippen molar-refractivity contribution < 1.29 is 19.1 Å². The highest BCUT2D eigenvalue weighted by molar-refractivity contribution is 5.85. The Hall–Kier alpha value is -2.69. The highest BCUT2D eigenvalue weighted by atomic mass is 19.1. The third-order valence-electron chi connectivity index (χ3n) is 6.35. The number of carboxylic acid groups (broad SMARTS) is 1. The van der Waals surface area contributed by atoms with Gasteiger partial charge in [-0.15, -0.1) is 0 Å². The van der Waals surface area contributed by atoms with Crippen LogP contribution in [-0.2, 0) is 16.0 Å². The monoisotopic (exact) mass is 381 g/mol. The lowest BCUT2D eigenvalue weighted by atomic mass is 9.64. The number of carbonyl (C=O) groups is 2. The molecule has 1 heterocycles. The molecule has 146 valence electrons. The van der Waals surface area contributed by atoms with Crippen LogP contribution < -0.4 is 0 Å². The molecule has 2 fully saturated rings. The van der Waals surface area contributed by atoms with Crippen LogP contribution in [-0.4, -0.2) is 35.0 Å². The lowest BCUT2D eigenvalue weighted by molar-refractivity contribution is -0.147. The molecule has 1 saturated carbocycles. The Morgan fingerprint density at radius 1 is 1.07 bits per heavy atom. The van der Waals surface area contributed by atoms with E-state index in [0.29, 0.717) is 13.0 Å². The normalized spacial score (nSPS) is 23.2. The van der Waals surface area contributed by atoms with Crippen molar-refractivity contribution in [2.24, 2.45) is 11.3 Å². The van der Waals surface area contributed by atoms with E-state index in [1.54, 1.807) is 11.0 Å². The number of amides is 1. The minimum atomic E-state index is -0.864. The minimum absolute atomic E-state index is 0.0210. The van der Waals surface area contributed by atoms with Gasteiger partial charge in [0.1, 0.15) is 5.82 Å². The fourth-order valence-electron chi connectivity index (χ4n) is 4.70. The highest BCUT2D eigenvalue weighted by Gasteiger charge is 2.50. The zero-order valence-electron chi connectivity index (χ0n) is 15.7. The van der Waals surface area contributed by atoms with Gasteiger partial charge >= 0.3 is 5.97 Å². The maximum atomic E-state index is 13.6. The molecule has 0 radical (unpaired) electrons. The molecule has 28 heavy (non-hydrogen) atoms. The van der Waals surface area contributed by atoms with E-state index >= 15 is 0 Å². The third-order valence-corrected chi connectivity index (χ3v) is 6.35. The summed E-state index contributed by atoms with van der Waals surface area (Å²) in [5.41, 5.74) is 1.25. The Morgan fingerprint density at radius 3 is 2.43 bits per heavy atom. The van der Waals surface area contributed by atoms with E-state index in [0.717, 1.165) is 30.4 Å². The lowest BCUT2D eigenvalue weighted by Gasteiger charge is -2.43. The van der Waals surface area contributed by atoms with Crippen molar-refractivity contribution in [2.75, 3.05) is 13.1 Å². The van der Waals surface area contributed by atoms with Gasteiger partial charge < -0.3 is 10.0 Å². The zero-order chi connectivity index (χ0) is 19.7. The molecule has 0 unspecified atom stereocenters. The van der Waals surface area contributed by atoms with Crippen LogP contribution >= 0.6 is 0 Å². The smallest absolute Gasteiger partial charge is 0.308 e. The van der Waals surface area contributed by atoms with Crippen LogP contribution in [0.5, 0.6) is 0 Å². The quantitative estimate of drug-likeness (QED) is 0.856. The van der Waals surface area contributed by atoms with E-state index in [2.05, 4.69) is 0 Å². The van der Waals surface area contributed by atoms with Gasteiger partial charge in [-0.25, -0.2) is 4.39 Å². The summed E-state index contributed by atoms with van der Waals surface area (Å²) in [6.07, 6.45) is 3.02. The van der Waals surface area contributed by atoms with E-state index in [1.807, 2.05) is 36.4 Å². The SMILES string of the molecule is O=C(O)[C@@H]1CN(C(=O)C2(Cc3cccc(F)c3)CCC2)C[C@@H]1c1ccccc1. The summed E-state index contributed by atoms with van der Waals surface area (Å²) in [7, 11) is 0. The fourth-order valence-corrected chi connectivity index (χ4v) is 4.70. The van der Waals surface area contributed by atoms with Crippen molar-refractivity contribution in [1.29, 1.82) is 0 Å².